The van der Waals surface area contributed by atoms with Crippen molar-refractivity contribution in [1.82, 2.24) is 14.7 Å². The second-order valence-corrected chi connectivity index (χ2v) is 7.67. The fraction of sp³-hybridized carbons (Fsp3) is 0.292. The molecule has 160 valence electrons. The van der Waals surface area contributed by atoms with Gasteiger partial charge in [-0.05, 0) is 36.1 Å². The minimum Gasteiger partial charge on any atom is -0.479 e. The first kappa shape index (κ1) is 20.7. The second kappa shape index (κ2) is 8.26. The number of ether oxygens (including phenoxy) is 1. The molecule has 1 N–H and O–H groups in total. The smallest absolute Gasteiger partial charge is 0.410 e. The highest BCUT2D eigenvalue weighted by molar-refractivity contribution is 5.82. The zero-order valence-corrected chi connectivity index (χ0v) is 17.8. The topological polar surface area (TPSA) is 84.7 Å². The molecule has 0 fully saturated rings. The molecule has 1 amide bonds. The van der Waals surface area contributed by atoms with E-state index in [9.17, 15) is 14.7 Å². The number of aryl methyl sites for hydroxylation is 2. The number of carbonyl (C=O) groups excluding carboxylic acids is 1. The predicted molar refractivity (Wildman–Crippen MR) is 116 cm³/mol. The Morgan fingerprint density at radius 2 is 1.71 bits per heavy atom. The first-order valence-electron chi connectivity index (χ1n) is 10.3. The van der Waals surface area contributed by atoms with Crippen LogP contribution in [-0.2, 0) is 16.6 Å². The summed E-state index contributed by atoms with van der Waals surface area (Å²) in [7, 11) is 1.72. The standard InChI is InChI=1S/C24H25N3O4/c1-4-27(22(23(28)29)20-13-26(3)25-15(20)2)24(30)31-14-21-18-11-7-5-9-16(18)17-10-6-8-12-19(17)21/h5-13,21-22H,4,14H2,1-3H3,(H,28,29). The van der Waals surface area contributed by atoms with Gasteiger partial charge in [-0.25, -0.2) is 9.59 Å². The van der Waals surface area contributed by atoms with Gasteiger partial charge in [0.25, 0.3) is 0 Å². The van der Waals surface area contributed by atoms with Crippen LogP contribution in [0.25, 0.3) is 11.1 Å². The molecule has 7 nitrogen and oxygen atoms in total. The molecule has 1 aliphatic carbocycles. The fourth-order valence-corrected chi connectivity index (χ4v) is 4.41. The van der Waals surface area contributed by atoms with Crippen molar-refractivity contribution in [3.8, 4) is 11.1 Å². The van der Waals surface area contributed by atoms with E-state index >= 15 is 0 Å². The molecule has 31 heavy (non-hydrogen) atoms. The van der Waals surface area contributed by atoms with Gasteiger partial charge < -0.3 is 9.84 Å². The van der Waals surface area contributed by atoms with Gasteiger partial charge in [0.2, 0.25) is 0 Å². The summed E-state index contributed by atoms with van der Waals surface area (Å²) in [4.78, 5) is 26.3. The van der Waals surface area contributed by atoms with Gasteiger partial charge in [0, 0.05) is 31.3 Å². The summed E-state index contributed by atoms with van der Waals surface area (Å²) >= 11 is 0. The summed E-state index contributed by atoms with van der Waals surface area (Å²) in [5, 5.41) is 14.1. The van der Waals surface area contributed by atoms with Gasteiger partial charge in [-0.3, -0.25) is 9.58 Å². The van der Waals surface area contributed by atoms with Crippen LogP contribution in [0.1, 0.15) is 41.3 Å². The number of amides is 1. The molecule has 4 rings (SSSR count). The predicted octanol–water partition coefficient (Wildman–Crippen LogP) is 4.13. The van der Waals surface area contributed by atoms with Crippen LogP contribution in [0, 0.1) is 6.92 Å². The molecule has 1 aromatic heterocycles. The van der Waals surface area contributed by atoms with E-state index in [1.54, 1.807) is 31.8 Å². The number of rotatable bonds is 6. The van der Waals surface area contributed by atoms with Gasteiger partial charge in [0.15, 0.2) is 6.04 Å². The highest BCUT2D eigenvalue weighted by Crippen LogP contribution is 2.44. The third-order valence-corrected chi connectivity index (χ3v) is 5.80. The Morgan fingerprint density at radius 3 is 2.19 bits per heavy atom. The van der Waals surface area contributed by atoms with Crippen molar-refractivity contribution < 1.29 is 19.4 Å². The van der Waals surface area contributed by atoms with Crippen LogP contribution in [0.5, 0.6) is 0 Å². The highest BCUT2D eigenvalue weighted by atomic mass is 16.6. The van der Waals surface area contributed by atoms with E-state index in [1.807, 2.05) is 36.4 Å². The molecule has 0 spiro atoms. The molecular weight excluding hydrogens is 394 g/mol. The molecular formula is C24H25N3O4. The van der Waals surface area contributed by atoms with Gasteiger partial charge >= 0.3 is 12.1 Å². The lowest BCUT2D eigenvalue weighted by Gasteiger charge is -2.27. The summed E-state index contributed by atoms with van der Waals surface area (Å²) in [6.45, 7) is 3.81. The number of aromatic nitrogens is 2. The van der Waals surface area contributed by atoms with E-state index in [1.165, 1.54) is 4.90 Å². The number of benzene rings is 2. The van der Waals surface area contributed by atoms with E-state index in [0.717, 1.165) is 22.3 Å². The van der Waals surface area contributed by atoms with Crippen molar-refractivity contribution in [2.75, 3.05) is 13.2 Å². The van der Waals surface area contributed by atoms with Crippen molar-refractivity contribution in [2.45, 2.75) is 25.8 Å². The molecule has 0 saturated carbocycles. The molecule has 7 heteroatoms. The third-order valence-electron chi connectivity index (χ3n) is 5.80. The highest BCUT2D eigenvalue weighted by Gasteiger charge is 2.35. The lowest BCUT2D eigenvalue weighted by molar-refractivity contribution is -0.143. The molecule has 1 heterocycles. The van der Waals surface area contributed by atoms with E-state index in [4.69, 9.17) is 4.74 Å². The Balaban J connectivity index is 1.57. The van der Waals surface area contributed by atoms with Gasteiger partial charge in [-0.15, -0.1) is 0 Å². The van der Waals surface area contributed by atoms with Gasteiger partial charge in [-0.2, -0.15) is 5.10 Å². The molecule has 2 aromatic carbocycles. The van der Waals surface area contributed by atoms with Crippen molar-refractivity contribution >= 4 is 12.1 Å². The van der Waals surface area contributed by atoms with E-state index in [0.29, 0.717) is 11.3 Å². The zero-order chi connectivity index (χ0) is 22.1. The zero-order valence-electron chi connectivity index (χ0n) is 17.8. The number of nitrogens with zero attached hydrogens (tertiary/aromatic N) is 3. The summed E-state index contributed by atoms with van der Waals surface area (Å²) < 4.78 is 7.24. The lowest BCUT2D eigenvalue weighted by atomic mass is 9.98. The molecule has 3 aromatic rings. The van der Waals surface area contributed by atoms with Gasteiger partial charge in [0.05, 0.1) is 5.69 Å². The Bertz CT molecular complexity index is 1090. The maximum absolute atomic E-state index is 13.0. The summed E-state index contributed by atoms with van der Waals surface area (Å²) in [6.07, 6.45) is 0.980. The Labute approximate surface area is 180 Å². The number of fused-ring (bicyclic) bond motifs is 3. The van der Waals surface area contributed by atoms with E-state index in [-0.39, 0.29) is 19.1 Å². The normalized spacial score (nSPS) is 13.4. The van der Waals surface area contributed by atoms with Crippen LogP contribution in [-0.4, -0.2) is 45.0 Å². The minimum atomic E-state index is -1.16. The molecule has 0 aliphatic heterocycles. The number of carbonyl (C=O) groups is 2. The van der Waals surface area contributed by atoms with Crippen LogP contribution in [0.2, 0.25) is 0 Å². The van der Waals surface area contributed by atoms with Crippen molar-refractivity contribution in [3.63, 3.8) is 0 Å². The number of carboxylic acids is 1. The first-order valence-corrected chi connectivity index (χ1v) is 10.3. The molecule has 0 bridgehead atoms. The van der Waals surface area contributed by atoms with Gasteiger partial charge in [-0.1, -0.05) is 48.5 Å². The van der Waals surface area contributed by atoms with Crippen LogP contribution in [0.4, 0.5) is 4.79 Å². The SMILES string of the molecule is CCN(C(=O)OCC1c2ccccc2-c2ccccc21)C(C(=O)O)c1cn(C)nc1C. The average Bonchev–Trinajstić information content (AvgIpc) is 3.26. The van der Waals surface area contributed by atoms with Crippen molar-refractivity contribution in [2.24, 2.45) is 7.05 Å². The number of hydrogen-bond acceptors (Lipinski definition) is 4. The number of aliphatic carboxylic acids is 1. The Kier molecular flexibility index (Phi) is 5.50. The van der Waals surface area contributed by atoms with E-state index in [2.05, 4.69) is 17.2 Å². The van der Waals surface area contributed by atoms with Crippen molar-refractivity contribution in [1.29, 1.82) is 0 Å². The van der Waals surface area contributed by atoms with Crippen LogP contribution >= 0.6 is 0 Å². The third kappa shape index (κ3) is 3.67. The summed E-state index contributed by atoms with van der Waals surface area (Å²) in [5.41, 5.74) is 5.54. The maximum Gasteiger partial charge on any atom is 0.410 e. The quantitative estimate of drug-likeness (QED) is 0.650. The molecule has 1 atom stereocenters. The first-order chi connectivity index (χ1) is 14.9. The second-order valence-electron chi connectivity index (χ2n) is 7.67. The molecule has 0 saturated heterocycles. The van der Waals surface area contributed by atoms with Crippen LogP contribution < -0.4 is 0 Å². The summed E-state index contributed by atoms with van der Waals surface area (Å²) in [5.74, 6) is -1.20. The average molecular weight is 419 g/mol. The monoisotopic (exact) mass is 419 g/mol. The minimum absolute atomic E-state index is 0.0848. The van der Waals surface area contributed by atoms with Crippen molar-refractivity contribution in [3.05, 3.63) is 77.1 Å². The van der Waals surface area contributed by atoms with E-state index < -0.39 is 18.1 Å². The fourth-order valence-electron chi connectivity index (χ4n) is 4.41. The molecule has 1 unspecified atom stereocenters. The maximum atomic E-state index is 13.0. The van der Waals surface area contributed by atoms with Crippen LogP contribution in [0.3, 0.4) is 0 Å². The Hall–Kier alpha value is -3.61. The number of likely N-dealkylation sites (N-methyl/N-ethyl adjacent to an activating group) is 1. The summed E-state index contributed by atoms with van der Waals surface area (Å²) in [6, 6.07) is 15.0. The van der Waals surface area contributed by atoms with Crippen LogP contribution in [0.15, 0.2) is 54.7 Å². The molecule has 1 aliphatic rings. The number of hydrogen-bond donors (Lipinski definition) is 1. The molecule has 0 radical (unpaired) electrons. The Morgan fingerprint density at radius 1 is 1.13 bits per heavy atom. The van der Waals surface area contributed by atoms with Gasteiger partial charge in [0.1, 0.15) is 6.61 Å². The number of carboxylic acid groups (broad SMARTS) is 1. The lowest BCUT2D eigenvalue weighted by Crippen LogP contribution is -2.39. The largest absolute Gasteiger partial charge is 0.479 e.